The van der Waals surface area contributed by atoms with Crippen LogP contribution in [0.15, 0.2) is 18.2 Å². The lowest BCUT2D eigenvalue weighted by Crippen LogP contribution is -2.43. The van der Waals surface area contributed by atoms with E-state index in [-0.39, 0.29) is 6.10 Å². The van der Waals surface area contributed by atoms with Gasteiger partial charge in [-0.25, -0.2) is 0 Å². The van der Waals surface area contributed by atoms with Gasteiger partial charge < -0.3 is 19.9 Å². The molecule has 0 amide bonds. The second-order valence-corrected chi connectivity index (χ2v) is 5.53. The molecule has 1 N–H and O–H groups in total. The maximum atomic E-state index is 5.76. The molecule has 0 aliphatic carbocycles. The number of hydrogen-bond donors (Lipinski definition) is 1. The molecule has 0 aromatic heterocycles. The van der Waals surface area contributed by atoms with Crippen molar-refractivity contribution < 1.29 is 4.74 Å². The number of benzene rings is 1. The third-order valence-corrected chi connectivity index (χ3v) is 3.57. The normalized spacial score (nSPS) is 20.3. The van der Waals surface area contributed by atoms with E-state index in [9.17, 15) is 0 Å². The van der Waals surface area contributed by atoms with Crippen LogP contribution in [0.5, 0.6) is 0 Å². The van der Waals surface area contributed by atoms with Gasteiger partial charge in [-0.3, -0.25) is 0 Å². The van der Waals surface area contributed by atoms with E-state index in [4.69, 9.17) is 4.74 Å². The van der Waals surface area contributed by atoms with Crippen LogP contribution in [0.4, 0.5) is 11.4 Å². The first-order valence-corrected chi connectivity index (χ1v) is 6.88. The number of nitrogens with zero attached hydrogens (tertiary/aromatic N) is 2. The predicted octanol–water partition coefficient (Wildman–Crippen LogP) is 1.80. The summed E-state index contributed by atoms with van der Waals surface area (Å²) >= 11 is 0. The van der Waals surface area contributed by atoms with E-state index in [0.29, 0.717) is 0 Å². The summed E-state index contributed by atoms with van der Waals surface area (Å²) in [5.74, 6) is 0. The number of rotatable bonds is 4. The van der Waals surface area contributed by atoms with Crippen LogP contribution in [0, 0.1) is 6.92 Å². The fraction of sp³-hybridized carbons (Fsp3) is 0.600. The second-order valence-electron chi connectivity index (χ2n) is 5.53. The van der Waals surface area contributed by atoms with Gasteiger partial charge in [-0.2, -0.15) is 0 Å². The molecule has 0 saturated carbocycles. The zero-order valence-corrected chi connectivity index (χ0v) is 12.4. The Morgan fingerprint density at radius 3 is 2.89 bits per heavy atom. The van der Waals surface area contributed by atoms with Gasteiger partial charge in [-0.1, -0.05) is 6.07 Å². The molecule has 1 aromatic rings. The lowest BCUT2D eigenvalue weighted by Gasteiger charge is -2.30. The third kappa shape index (κ3) is 3.85. The van der Waals surface area contributed by atoms with E-state index in [1.165, 1.54) is 11.3 Å². The number of anilines is 2. The van der Waals surface area contributed by atoms with E-state index < -0.39 is 0 Å². The van der Waals surface area contributed by atoms with Gasteiger partial charge in [0, 0.05) is 45.1 Å². The van der Waals surface area contributed by atoms with Gasteiger partial charge in [-0.05, 0) is 31.7 Å². The average molecular weight is 263 g/mol. The van der Waals surface area contributed by atoms with E-state index in [2.05, 4.69) is 61.4 Å². The largest absolute Gasteiger partial charge is 0.382 e. The maximum absolute atomic E-state index is 5.76. The molecular weight excluding hydrogens is 238 g/mol. The van der Waals surface area contributed by atoms with Crippen LogP contribution in [0.3, 0.4) is 0 Å². The molecule has 1 unspecified atom stereocenters. The zero-order chi connectivity index (χ0) is 13.8. The first-order valence-electron chi connectivity index (χ1n) is 6.88. The average Bonchev–Trinajstić information content (AvgIpc) is 2.37. The summed E-state index contributed by atoms with van der Waals surface area (Å²) in [5.41, 5.74) is 3.71. The smallest absolute Gasteiger partial charge is 0.0874 e. The Morgan fingerprint density at radius 2 is 2.21 bits per heavy atom. The summed E-state index contributed by atoms with van der Waals surface area (Å²) in [7, 11) is 6.29. The number of nitrogens with one attached hydrogen (secondary N) is 1. The van der Waals surface area contributed by atoms with Crippen LogP contribution in [-0.4, -0.2) is 58.4 Å². The van der Waals surface area contributed by atoms with Crippen LogP contribution in [0.25, 0.3) is 0 Å². The Morgan fingerprint density at radius 1 is 1.42 bits per heavy atom. The van der Waals surface area contributed by atoms with Gasteiger partial charge in [0.15, 0.2) is 0 Å². The number of hydrogen-bond acceptors (Lipinski definition) is 4. The van der Waals surface area contributed by atoms with Crippen molar-refractivity contribution in [2.45, 2.75) is 13.0 Å². The number of morpholine rings is 1. The van der Waals surface area contributed by atoms with Gasteiger partial charge in [-0.15, -0.1) is 0 Å². The standard InChI is InChI=1S/C15H25N3O/c1-12-5-6-13(9-15(12)17(2)3)16-10-14-11-18(4)7-8-19-14/h5-6,9,14,16H,7-8,10-11H2,1-4H3. The zero-order valence-electron chi connectivity index (χ0n) is 12.4. The van der Waals surface area contributed by atoms with Crippen LogP contribution in [0.2, 0.25) is 0 Å². The Hall–Kier alpha value is -1.26. The first kappa shape index (κ1) is 14.2. The highest BCUT2D eigenvalue weighted by atomic mass is 16.5. The van der Waals surface area contributed by atoms with E-state index >= 15 is 0 Å². The molecule has 0 bridgehead atoms. The van der Waals surface area contributed by atoms with Crippen molar-refractivity contribution in [2.75, 3.05) is 57.6 Å². The lowest BCUT2D eigenvalue weighted by atomic mass is 10.1. The summed E-state index contributed by atoms with van der Waals surface area (Å²) in [6.45, 7) is 5.86. The quantitative estimate of drug-likeness (QED) is 0.896. The van der Waals surface area contributed by atoms with Crippen molar-refractivity contribution in [2.24, 2.45) is 0 Å². The molecule has 1 atom stereocenters. The molecule has 4 nitrogen and oxygen atoms in total. The summed E-state index contributed by atoms with van der Waals surface area (Å²) < 4.78 is 5.76. The Kier molecular flexibility index (Phi) is 4.66. The van der Waals surface area contributed by atoms with Gasteiger partial charge in [0.2, 0.25) is 0 Å². The fourth-order valence-corrected chi connectivity index (χ4v) is 2.42. The van der Waals surface area contributed by atoms with Crippen molar-refractivity contribution in [3.8, 4) is 0 Å². The third-order valence-electron chi connectivity index (χ3n) is 3.57. The lowest BCUT2D eigenvalue weighted by molar-refractivity contribution is -0.0117. The fourth-order valence-electron chi connectivity index (χ4n) is 2.42. The van der Waals surface area contributed by atoms with Crippen molar-refractivity contribution in [1.82, 2.24) is 4.90 Å². The summed E-state index contributed by atoms with van der Waals surface area (Å²) in [6, 6.07) is 6.49. The van der Waals surface area contributed by atoms with Gasteiger partial charge in [0.1, 0.15) is 0 Å². The molecule has 1 aromatic carbocycles. The monoisotopic (exact) mass is 263 g/mol. The number of aryl methyl sites for hydroxylation is 1. The van der Waals surface area contributed by atoms with Crippen LogP contribution >= 0.6 is 0 Å². The molecule has 0 radical (unpaired) electrons. The highest BCUT2D eigenvalue weighted by molar-refractivity contribution is 5.61. The molecule has 1 fully saturated rings. The second kappa shape index (κ2) is 6.26. The molecule has 0 spiro atoms. The predicted molar refractivity (Wildman–Crippen MR) is 81.2 cm³/mol. The molecule has 1 heterocycles. The van der Waals surface area contributed by atoms with Crippen molar-refractivity contribution in [3.63, 3.8) is 0 Å². The summed E-state index contributed by atoms with van der Waals surface area (Å²) in [4.78, 5) is 4.46. The first-order chi connectivity index (χ1) is 9.06. The van der Waals surface area contributed by atoms with E-state index in [1.54, 1.807) is 0 Å². The minimum absolute atomic E-state index is 0.280. The Bertz CT molecular complexity index is 420. The molecule has 1 aliphatic heterocycles. The van der Waals surface area contributed by atoms with Crippen molar-refractivity contribution >= 4 is 11.4 Å². The van der Waals surface area contributed by atoms with Crippen LogP contribution in [-0.2, 0) is 4.74 Å². The maximum Gasteiger partial charge on any atom is 0.0874 e. The molecule has 1 aliphatic rings. The SMILES string of the molecule is Cc1ccc(NCC2CN(C)CCO2)cc1N(C)C. The molecule has 19 heavy (non-hydrogen) atoms. The molecular formula is C15H25N3O. The molecule has 106 valence electrons. The number of ether oxygens (including phenoxy) is 1. The minimum Gasteiger partial charge on any atom is -0.382 e. The van der Waals surface area contributed by atoms with Crippen LogP contribution < -0.4 is 10.2 Å². The van der Waals surface area contributed by atoms with E-state index in [0.717, 1.165) is 31.9 Å². The van der Waals surface area contributed by atoms with Gasteiger partial charge in [0.25, 0.3) is 0 Å². The topological polar surface area (TPSA) is 27.7 Å². The van der Waals surface area contributed by atoms with Gasteiger partial charge in [0.05, 0.1) is 12.7 Å². The summed E-state index contributed by atoms with van der Waals surface area (Å²) in [5, 5.41) is 3.48. The molecule has 2 rings (SSSR count). The highest BCUT2D eigenvalue weighted by Gasteiger charge is 2.17. The minimum atomic E-state index is 0.280. The molecule has 1 saturated heterocycles. The summed E-state index contributed by atoms with van der Waals surface area (Å²) in [6.07, 6.45) is 0.280. The Balaban J connectivity index is 1.94. The number of likely N-dealkylation sites (N-methyl/N-ethyl adjacent to an activating group) is 1. The van der Waals surface area contributed by atoms with Gasteiger partial charge >= 0.3 is 0 Å². The highest BCUT2D eigenvalue weighted by Crippen LogP contribution is 2.22. The molecule has 4 heteroatoms. The van der Waals surface area contributed by atoms with Crippen molar-refractivity contribution in [3.05, 3.63) is 23.8 Å². The van der Waals surface area contributed by atoms with Crippen molar-refractivity contribution in [1.29, 1.82) is 0 Å². The van der Waals surface area contributed by atoms with E-state index in [1.807, 2.05) is 0 Å². The Labute approximate surface area is 116 Å². The van der Waals surface area contributed by atoms with Crippen LogP contribution in [0.1, 0.15) is 5.56 Å².